The second-order valence-electron chi connectivity index (χ2n) is 7.25. The number of carbonyl (C=O) groups is 1. The second kappa shape index (κ2) is 9.18. The topological polar surface area (TPSA) is 64.0 Å². The minimum atomic E-state index is -0.212. The van der Waals surface area contributed by atoms with Crippen LogP contribution in [0.3, 0.4) is 0 Å². The number of carbonyl (C=O) groups excluding carboxylic acids is 1. The lowest BCUT2D eigenvalue weighted by atomic mass is 9.99. The summed E-state index contributed by atoms with van der Waals surface area (Å²) in [6.07, 6.45) is 3.05. The minimum absolute atomic E-state index is 0.0641. The van der Waals surface area contributed by atoms with Gasteiger partial charge in [-0.1, -0.05) is 72.8 Å². The first-order chi connectivity index (χ1) is 14.7. The van der Waals surface area contributed by atoms with Crippen molar-refractivity contribution in [3.63, 3.8) is 0 Å². The zero-order valence-corrected chi connectivity index (χ0v) is 16.6. The molecule has 0 spiro atoms. The molecule has 1 N–H and O–H groups in total. The standard InChI is InChI=1S/C25H23N3O2/c29-24(17-28-18-26-23-14-8-7-13-21(23)25(28)30)27-22(20-11-5-2-6-12-20)16-15-19-9-3-1-4-10-19/h1-14,18,22H,15-17H2,(H,27,29)/t22-/m1/s1. The summed E-state index contributed by atoms with van der Waals surface area (Å²) in [6.45, 7) is -0.0641. The highest BCUT2D eigenvalue weighted by molar-refractivity contribution is 5.79. The van der Waals surface area contributed by atoms with Crippen molar-refractivity contribution in [2.24, 2.45) is 0 Å². The van der Waals surface area contributed by atoms with Crippen LogP contribution in [0.5, 0.6) is 0 Å². The number of benzene rings is 3. The monoisotopic (exact) mass is 397 g/mol. The van der Waals surface area contributed by atoms with Crippen LogP contribution in [-0.2, 0) is 17.8 Å². The molecule has 4 aromatic rings. The van der Waals surface area contributed by atoms with Crippen molar-refractivity contribution in [1.82, 2.24) is 14.9 Å². The predicted molar refractivity (Wildman–Crippen MR) is 118 cm³/mol. The van der Waals surface area contributed by atoms with Crippen LogP contribution in [0.15, 0.2) is 96.1 Å². The molecule has 5 heteroatoms. The number of aryl methyl sites for hydroxylation is 1. The number of fused-ring (bicyclic) bond motifs is 1. The van der Waals surface area contributed by atoms with Gasteiger partial charge in [-0.3, -0.25) is 14.2 Å². The van der Waals surface area contributed by atoms with E-state index in [-0.39, 0.29) is 24.1 Å². The Morgan fingerprint density at radius 2 is 1.57 bits per heavy atom. The minimum Gasteiger partial charge on any atom is -0.348 e. The van der Waals surface area contributed by atoms with Crippen LogP contribution < -0.4 is 10.9 Å². The van der Waals surface area contributed by atoms with Gasteiger partial charge in [0.05, 0.1) is 23.3 Å². The van der Waals surface area contributed by atoms with Gasteiger partial charge in [0.1, 0.15) is 6.54 Å². The van der Waals surface area contributed by atoms with Crippen LogP contribution in [0.4, 0.5) is 0 Å². The van der Waals surface area contributed by atoms with Crippen LogP contribution in [0.1, 0.15) is 23.6 Å². The maximum absolute atomic E-state index is 12.8. The van der Waals surface area contributed by atoms with Gasteiger partial charge < -0.3 is 5.32 Å². The van der Waals surface area contributed by atoms with E-state index in [2.05, 4.69) is 22.4 Å². The Bertz CT molecular complexity index is 1190. The largest absolute Gasteiger partial charge is 0.348 e. The Balaban J connectivity index is 1.50. The zero-order valence-electron chi connectivity index (χ0n) is 16.6. The van der Waals surface area contributed by atoms with Gasteiger partial charge in [-0.2, -0.15) is 0 Å². The molecule has 1 heterocycles. The van der Waals surface area contributed by atoms with Crippen molar-refractivity contribution in [2.75, 3.05) is 0 Å². The van der Waals surface area contributed by atoms with E-state index in [4.69, 9.17) is 0 Å². The van der Waals surface area contributed by atoms with Crippen LogP contribution in [0, 0.1) is 0 Å². The van der Waals surface area contributed by atoms with Crippen molar-refractivity contribution in [3.8, 4) is 0 Å². The van der Waals surface area contributed by atoms with Crippen molar-refractivity contribution >= 4 is 16.8 Å². The summed E-state index contributed by atoms with van der Waals surface area (Å²) in [7, 11) is 0. The number of nitrogens with one attached hydrogen (secondary N) is 1. The summed E-state index contributed by atoms with van der Waals surface area (Å²) in [5.74, 6) is -0.212. The molecule has 0 aliphatic carbocycles. The lowest BCUT2D eigenvalue weighted by Gasteiger charge is -2.20. The lowest BCUT2D eigenvalue weighted by Crippen LogP contribution is -2.35. The molecular weight excluding hydrogens is 374 g/mol. The average molecular weight is 397 g/mol. The number of hydrogen-bond donors (Lipinski definition) is 1. The fraction of sp³-hybridized carbons (Fsp3) is 0.160. The number of nitrogens with zero attached hydrogens (tertiary/aromatic N) is 2. The van der Waals surface area contributed by atoms with Gasteiger partial charge in [0.25, 0.3) is 5.56 Å². The van der Waals surface area contributed by atoms with E-state index in [0.717, 1.165) is 18.4 Å². The normalized spacial score (nSPS) is 11.9. The van der Waals surface area contributed by atoms with Crippen LogP contribution in [-0.4, -0.2) is 15.5 Å². The fourth-order valence-corrected chi connectivity index (χ4v) is 3.58. The first-order valence-corrected chi connectivity index (χ1v) is 10.0. The summed E-state index contributed by atoms with van der Waals surface area (Å²) in [6, 6.07) is 27.1. The molecule has 0 fully saturated rings. The average Bonchev–Trinajstić information content (AvgIpc) is 2.80. The van der Waals surface area contributed by atoms with E-state index in [0.29, 0.717) is 10.9 Å². The molecule has 0 aliphatic rings. The molecule has 0 bridgehead atoms. The highest BCUT2D eigenvalue weighted by Gasteiger charge is 2.16. The summed E-state index contributed by atoms with van der Waals surface area (Å²) >= 11 is 0. The third-order valence-electron chi connectivity index (χ3n) is 5.15. The zero-order chi connectivity index (χ0) is 20.8. The SMILES string of the molecule is O=C(Cn1cnc2ccccc2c1=O)N[C@H](CCc1ccccc1)c1ccccc1. The van der Waals surface area contributed by atoms with E-state index in [1.165, 1.54) is 16.5 Å². The molecule has 0 aliphatic heterocycles. The Morgan fingerprint density at radius 3 is 2.33 bits per heavy atom. The van der Waals surface area contributed by atoms with Crippen molar-refractivity contribution in [1.29, 1.82) is 0 Å². The summed E-state index contributed by atoms with van der Waals surface area (Å²) in [5, 5.41) is 3.61. The van der Waals surface area contributed by atoms with E-state index in [1.54, 1.807) is 18.2 Å². The van der Waals surface area contributed by atoms with E-state index < -0.39 is 0 Å². The highest BCUT2D eigenvalue weighted by atomic mass is 16.2. The van der Waals surface area contributed by atoms with Gasteiger partial charge in [-0.15, -0.1) is 0 Å². The fourth-order valence-electron chi connectivity index (χ4n) is 3.58. The summed E-state index contributed by atoms with van der Waals surface area (Å²) in [4.78, 5) is 29.8. The van der Waals surface area contributed by atoms with E-state index >= 15 is 0 Å². The predicted octanol–water partition coefficient (Wildman–Crippen LogP) is 3.89. The third-order valence-corrected chi connectivity index (χ3v) is 5.15. The van der Waals surface area contributed by atoms with E-state index in [9.17, 15) is 9.59 Å². The first kappa shape index (κ1) is 19.6. The Kier molecular flexibility index (Phi) is 5.99. The Hall–Kier alpha value is -3.73. The van der Waals surface area contributed by atoms with Gasteiger partial charge in [0, 0.05) is 0 Å². The third kappa shape index (κ3) is 4.63. The molecule has 3 aromatic carbocycles. The van der Waals surface area contributed by atoms with Gasteiger partial charge in [-0.05, 0) is 36.1 Å². The Labute approximate surface area is 175 Å². The molecule has 1 aromatic heterocycles. The summed E-state index contributed by atoms with van der Waals surface area (Å²) in [5.41, 5.74) is 2.69. The van der Waals surface area contributed by atoms with Gasteiger partial charge >= 0.3 is 0 Å². The highest BCUT2D eigenvalue weighted by Crippen LogP contribution is 2.19. The maximum Gasteiger partial charge on any atom is 0.261 e. The van der Waals surface area contributed by atoms with Crippen LogP contribution >= 0.6 is 0 Å². The number of hydrogen-bond acceptors (Lipinski definition) is 3. The molecule has 1 amide bonds. The molecule has 0 unspecified atom stereocenters. The van der Waals surface area contributed by atoms with Crippen LogP contribution in [0.2, 0.25) is 0 Å². The molecule has 0 saturated heterocycles. The smallest absolute Gasteiger partial charge is 0.261 e. The quantitative estimate of drug-likeness (QED) is 0.515. The van der Waals surface area contributed by atoms with Gasteiger partial charge in [0.2, 0.25) is 5.91 Å². The van der Waals surface area contributed by atoms with Crippen molar-refractivity contribution in [3.05, 3.63) is 113 Å². The number of rotatable bonds is 7. The molecule has 4 rings (SSSR count). The van der Waals surface area contributed by atoms with E-state index in [1.807, 2.05) is 54.6 Å². The van der Waals surface area contributed by atoms with Gasteiger partial charge in [0.15, 0.2) is 0 Å². The second-order valence-corrected chi connectivity index (χ2v) is 7.25. The van der Waals surface area contributed by atoms with Crippen molar-refractivity contribution < 1.29 is 4.79 Å². The number of para-hydroxylation sites is 1. The molecule has 30 heavy (non-hydrogen) atoms. The molecule has 150 valence electrons. The molecular formula is C25H23N3O2. The molecule has 5 nitrogen and oxygen atoms in total. The summed E-state index contributed by atoms with van der Waals surface area (Å²) < 4.78 is 1.36. The molecule has 0 radical (unpaired) electrons. The number of amides is 1. The molecule has 0 saturated carbocycles. The molecule has 1 atom stereocenters. The Morgan fingerprint density at radius 1 is 0.900 bits per heavy atom. The number of aromatic nitrogens is 2. The van der Waals surface area contributed by atoms with Crippen LogP contribution in [0.25, 0.3) is 10.9 Å². The lowest BCUT2D eigenvalue weighted by molar-refractivity contribution is -0.122. The maximum atomic E-state index is 12.8. The van der Waals surface area contributed by atoms with Crippen molar-refractivity contribution in [2.45, 2.75) is 25.4 Å². The van der Waals surface area contributed by atoms with Gasteiger partial charge in [-0.25, -0.2) is 4.98 Å². The first-order valence-electron chi connectivity index (χ1n) is 10.0.